The highest BCUT2D eigenvalue weighted by molar-refractivity contribution is 5.94. The van der Waals surface area contributed by atoms with Crippen molar-refractivity contribution < 1.29 is 14.1 Å². The average molecular weight is 443 g/mol. The molecule has 0 aliphatic heterocycles. The first kappa shape index (κ1) is 22.0. The fraction of sp³-hybridized carbons (Fsp3) is 0.115. The Morgan fingerprint density at radius 1 is 0.848 bits per heavy atom. The predicted molar refractivity (Wildman–Crippen MR) is 123 cm³/mol. The van der Waals surface area contributed by atoms with E-state index in [2.05, 4.69) is 0 Å². The van der Waals surface area contributed by atoms with Gasteiger partial charge in [-0.25, -0.2) is 4.39 Å². The summed E-state index contributed by atoms with van der Waals surface area (Å²) in [7, 11) is 0. The van der Waals surface area contributed by atoms with Crippen molar-refractivity contribution in [3.8, 4) is 0 Å². The number of amides is 1. The topological polar surface area (TPSA) is 68.4 Å². The Kier molecular flexibility index (Phi) is 6.59. The lowest BCUT2D eigenvalue weighted by atomic mass is 10.1. The summed E-state index contributed by atoms with van der Waals surface area (Å²) in [5.74, 6) is -0.502. The number of hydrogen-bond acceptors (Lipinski definition) is 3. The van der Waals surface area contributed by atoms with Crippen LogP contribution in [0.1, 0.15) is 27.2 Å². The van der Waals surface area contributed by atoms with Crippen LogP contribution in [0.5, 0.6) is 0 Å². The summed E-state index contributed by atoms with van der Waals surface area (Å²) in [6.45, 7) is 1.28. The summed E-state index contributed by atoms with van der Waals surface area (Å²) in [4.78, 5) is 25.6. The molecule has 4 rings (SSSR count). The smallest absolute Gasteiger partial charge is 0.269 e. The number of carbonyl (C=O) groups excluding carboxylic acids is 1. The number of non-ortho nitro benzene ring substituents is 1. The summed E-state index contributed by atoms with van der Waals surface area (Å²) >= 11 is 0. The van der Waals surface area contributed by atoms with Crippen LogP contribution in [0.25, 0.3) is 0 Å². The highest BCUT2D eigenvalue weighted by Crippen LogP contribution is 2.18. The van der Waals surface area contributed by atoms with E-state index in [1.54, 1.807) is 17.0 Å². The molecular weight excluding hydrogens is 421 g/mol. The quantitative estimate of drug-likeness (QED) is 0.269. The van der Waals surface area contributed by atoms with E-state index in [4.69, 9.17) is 0 Å². The third-order valence-corrected chi connectivity index (χ3v) is 5.37. The van der Waals surface area contributed by atoms with Gasteiger partial charge in [0.05, 0.1) is 11.5 Å². The fourth-order valence-electron chi connectivity index (χ4n) is 3.64. The first-order valence-corrected chi connectivity index (χ1v) is 10.5. The largest absolute Gasteiger partial charge is 0.345 e. The molecule has 1 amide bonds. The molecule has 0 atom stereocenters. The van der Waals surface area contributed by atoms with E-state index in [1.807, 2.05) is 53.2 Å². The van der Waals surface area contributed by atoms with Gasteiger partial charge in [-0.15, -0.1) is 0 Å². The molecule has 0 saturated heterocycles. The van der Waals surface area contributed by atoms with Crippen molar-refractivity contribution >= 4 is 11.6 Å². The average Bonchev–Trinajstić information content (AvgIpc) is 3.27. The molecule has 33 heavy (non-hydrogen) atoms. The second-order valence-electron chi connectivity index (χ2n) is 7.70. The number of nitro benzene ring substituents is 1. The maximum atomic E-state index is 13.4. The molecule has 0 radical (unpaired) electrons. The Hall–Kier alpha value is -4.26. The molecule has 166 valence electrons. The van der Waals surface area contributed by atoms with Crippen molar-refractivity contribution in [2.75, 3.05) is 0 Å². The monoisotopic (exact) mass is 443 g/mol. The van der Waals surface area contributed by atoms with Gasteiger partial charge in [0.15, 0.2) is 0 Å². The predicted octanol–water partition coefficient (Wildman–Crippen LogP) is 5.43. The second-order valence-corrected chi connectivity index (χ2v) is 7.70. The maximum absolute atomic E-state index is 13.4. The van der Waals surface area contributed by atoms with Crippen LogP contribution in [-0.2, 0) is 19.6 Å². The molecule has 0 unspecified atom stereocenters. The molecule has 0 bridgehead atoms. The molecule has 0 aliphatic rings. The minimum atomic E-state index is -0.488. The Labute approximate surface area is 190 Å². The van der Waals surface area contributed by atoms with Crippen molar-refractivity contribution in [3.63, 3.8) is 0 Å². The third-order valence-electron chi connectivity index (χ3n) is 5.37. The Balaban J connectivity index is 1.59. The number of hydrogen-bond donors (Lipinski definition) is 0. The van der Waals surface area contributed by atoms with Gasteiger partial charge < -0.3 is 9.47 Å². The second kappa shape index (κ2) is 9.91. The lowest BCUT2D eigenvalue weighted by Gasteiger charge is -2.24. The summed E-state index contributed by atoms with van der Waals surface area (Å²) in [6.07, 6.45) is 1.93. The minimum Gasteiger partial charge on any atom is -0.345 e. The van der Waals surface area contributed by atoms with Crippen molar-refractivity contribution in [3.05, 3.63) is 136 Å². The Morgan fingerprint density at radius 2 is 1.55 bits per heavy atom. The number of rotatable bonds is 8. The highest BCUT2D eigenvalue weighted by atomic mass is 19.1. The van der Waals surface area contributed by atoms with E-state index in [9.17, 15) is 19.3 Å². The first-order chi connectivity index (χ1) is 16.0. The summed E-state index contributed by atoms with van der Waals surface area (Å²) in [5, 5.41) is 11.0. The van der Waals surface area contributed by atoms with E-state index < -0.39 is 4.92 Å². The number of carbonyl (C=O) groups is 1. The number of benzene rings is 3. The lowest BCUT2D eigenvalue weighted by molar-refractivity contribution is -0.384. The number of aromatic nitrogens is 1. The van der Waals surface area contributed by atoms with Crippen LogP contribution in [0, 0.1) is 15.9 Å². The van der Waals surface area contributed by atoms with Crippen LogP contribution in [0.4, 0.5) is 10.1 Å². The molecule has 0 fully saturated rings. The summed E-state index contributed by atoms with van der Waals surface area (Å²) in [6, 6.07) is 25.5. The Morgan fingerprint density at radius 3 is 2.21 bits per heavy atom. The third kappa shape index (κ3) is 5.51. The SMILES string of the molecule is O=C(c1ccc([N+](=O)[O-])cc1)N(Cc1ccccc1)Cc1cccn1Cc1ccc(F)cc1. The van der Waals surface area contributed by atoms with Crippen molar-refractivity contribution in [1.82, 2.24) is 9.47 Å². The standard InChI is InChI=1S/C26H22FN3O3/c27-23-12-8-21(9-13-23)17-28-16-4-7-25(28)19-29(18-20-5-2-1-3-6-20)26(31)22-10-14-24(15-11-22)30(32)33/h1-16H,17-19H2. The van der Waals surface area contributed by atoms with Crippen molar-refractivity contribution in [2.24, 2.45) is 0 Å². The number of halogens is 1. The zero-order valence-corrected chi connectivity index (χ0v) is 17.8. The molecule has 1 aromatic heterocycles. The van der Waals surface area contributed by atoms with Crippen LogP contribution in [0.2, 0.25) is 0 Å². The Bertz CT molecular complexity index is 1240. The molecular formula is C26H22FN3O3. The molecule has 6 nitrogen and oxygen atoms in total. The van der Waals surface area contributed by atoms with E-state index in [0.717, 1.165) is 16.8 Å². The zero-order chi connectivity index (χ0) is 23.2. The zero-order valence-electron chi connectivity index (χ0n) is 17.8. The molecule has 0 aliphatic carbocycles. The van der Waals surface area contributed by atoms with Crippen LogP contribution in [-0.4, -0.2) is 20.3 Å². The molecule has 3 aromatic carbocycles. The van der Waals surface area contributed by atoms with Gasteiger partial charge in [0.1, 0.15) is 5.82 Å². The van der Waals surface area contributed by atoms with Crippen LogP contribution < -0.4 is 0 Å². The first-order valence-electron chi connectivity index (χ1n) is 10.5. The van der Waals surface area contributed by atoms with Crippen LogP contribution in [0.3, 0.4) is 0 Å². The molecule has 0 N–H and O–H groups in total. The summed E-state index contributed by atoms with van der Waals surface area (Å²) < 4.78 is 15.3. The normalized spacial score (nSPS) is 10.7. The number of nitro groups is 1. The molecule has 7 heteroatoms. The van der Waals surface area contributed by atoms with Crippen LogP contribution in [0.15, 0.2) is 97.2 Å². The molecule has 1 heterocycles. The van der Waals surface area contributed by atoms with E-state index in [1.165, 1.54) is 36.4 Å². The van der Waals surface area contributed by atoms with Crippen LogP contribution >= 0.6 is 0 Å². The van der Waals surface area contributed by atoms with Gasteiger partial charge in [0, 0.05) is 42.7 Å². The van der Waals surface area contributed by atoms with Gasteiger partial charge in [-0.1, -0.05) is 42.5 Å². The van der Waals surface area contributed by atoms with E-state index in [-0.39, 0.29) is 17.4 Å². The molecule has 0 saturated carbocycles. The van der Waals surface area contributed by atoms with Gasteiger partial charge in [-0.3, -0.25) is 14.9 Å². The van der Waals surface area contributed by atoms with Gasteiger partial charge in [0.25, 0.3) is 11.6 Å². The number of nitrogens with zero attached hydrogens (tertiary/aromatic N) is 3. The molecule has 0 spiro atoms. The molecule has 4 aromatic rings. The van der Waals surface area contributed by atoms with Gasteiger partial charge >= 0.3 is 0 Å². The van der Waals surface area contributed by atoms with Gasteiger partial charge in [-0.2, -0.15) is 0 Å². The van der Waals surface area contributed by atoms with Gasteiger partial charge in [0.2, 0.25) is 0 Å². The van der Waals surface area contributed by atoms with Crippen molar-refractivity contribution in [2.45, 2.75) is 19.6 Å². The van der Waals surface area contributed by atoms with E-state index in [0.29, 0.717) is 25.2 Å². The van der Waals surface area contributed by atoms with E-state index >= 15 is 0 Å². The summed E-state index contributed by atoms with van der Waals surface area (Å²) in [5.41, 5.74) is 3.17. The fourth-order valence-corrected chi connectivity index (χ4v) is 3.64. The van der Waals surface area contributed by atoms with Crippen molar-refractivity contribution in [1.29, 1.82) is 0 Å². The highest BCUT2D eigenvalue weighted by Gasteiger charge is 2.19. The maximum Gasteiger partial charge on any atom is 0.269 e. The minimum absolute atomic E-state index is 0.0608. The van der Waals surface area contributed by atoms with Gasteiger partial charge in [-0.05, 0) is 47.5 Å². The lowest BCUT2D eigenvalue weighted by Crippen LogP contribution is -2.31.